The van der Waals surface area contributed by atoms with E-state index in [0.717, 1.165) is 34.0 Å². The molecule has 0 bridgehead atoms. The molecule has 5 heterocycles. The Morgan fingerprint density at radius 2 is 0.796 bits per heavy atom. The molecule has 5 aromatic heterocycles. The van der Waals surface area contributed by atoms with Gasteiger partial charge in [0, 0.05) is 137 Å². The van der Waals surface area contributed by atoms with E-state index >= 15 is 0 Å². The number of rotatable bonds is 21. The van der Waals surface area contributed by atoms with Crippen molar-refractivity contribution in [3.8, 4) is 64.5 Å². The van der Waals surface area contributed by atoms with E-state index in [2.05, 4.69) is 167 Å². The molecule has 0 fully saturated rings. The Labute approximate surface area is 1010 Å². The number of aliphatic hydroxyl groups excluding tert-OH is 1. The van der Waals surface area contributed by atoms with Crippen molar-refractivity contribution in [1.29, 1.82) is 0 Å². The van der Waals surface area contributed by atoms with Crippen LogP contribution in [-0.4, -0.2) is 257 Å². The molecule has 0 saturated heterocycles. The molecular formula is C91H125F6I4K3N10O26Si2. The second-order valence-corrected chi connectivity index (χ2v) is 46.1. The number of aromatic nitrogens is 10. The first-order chi connectivity index (χ1) is 64.7. The van der Waals surface area contributed by atoms with Crippen molar-refractivity contribution in [2.45, 2.75) is 178 Å². The Kier molecular flexibility index (Phi) is 74.2. The van der Waals surface area contributed by atoms with Crippen LogP contribution >= 0.6 is 82.4 Å². The summed E-state index contributed by atoms with van der Waals surface area (Å²) >= 11 is 8.26. The van der Waals surface area contributed by atoms with Crippen molar-refractivity contribution in [1.82, 2.24) is 49.7 Å². The van der Waals surface area contributed by atoms with Crippen molar-refractivity contribution in [3.63, 3.8) is 0 Å². The first kappa shape index (κ1) is 144. The van der Waals surface area contributed by atoms with Gasteiger partial charge in [-0.15, -0.1) is 23.9 Å². The van der Waals surface area contributed by atoms with Crippen LogP contribution < -0.4 is 183 Å². The van der Waals surface area contributed by atoms with Crippen molar-refractivity contribution < 1.29 is 309 Å². The zero-order valence-electron chi connectivity index (χ0n) is 87.6. The molecule has 51 heteroatoms. The van der Waals surface area contributed by atoms with E-state index < -0.39 is 99.3 Å². The fraction of sp³-hybridized carbons (Fsp3) is 0.484. The number of aromatic amines is 2. The molecule has 36 nitrogen and oxygen atoms in total. The van der Waals surface area contributed by atoms with Gasteiger partial charge >= 0.3 is 185 Å². The fourth-order valence-electron chi connectivity index (χ4n) is 9.35. The SMILES string of the molecule is C#C[Si](C)(C)C.C#Cc1nn(C(=O)OC(C)(C)C)c2cc(OCCOC)c(F)cc12.CC(C)(C)OC(=O)OC(=O)OC(C)(C)C.CCO.COCCOc1cc2[nH]ncc2cc1F.COCCOc1cc2c(cc1F)c(C#C[Si](C)(C)C)nn2C(=O)OC(C)(C)C.COCCOc1cc2c(cc1F)c(I)nn2C(=O)OC(C)(C)C.COCCOc1cc2n[nH]c(I)c2cc1F.II.O=CO[O-].[2H]CF.[H-].[K+].[K+].[K+].[OH-]. The Morgan fingerprint density at radius 1 is 0.500 bits per heavy atom. The standard InChI is InChI=1S/C20H27FN2O4Si.C17H19FN2O4.C15H18FIN2O4.C10H10FIN2O2.C10H11FN2O2.C10H18O5.C5H10Si.C2H6O.CH3F.CH2O3.I2.3K.H2O.H/c1-20(2,3)27-19(24)23-17-13-18(26-10-9-25-4)15(21)12-14(17)16(22-23)8-11-28(5,6)7;1-6-13-11-9-12(18)15(23-8-7-22-5)10-14(11)20(19-13)16(21)24-17(2,3)4;1-15(2,3)23-14(20)19-11-8-12(22-6-5-21-4)10(16)7-9(11)13(17)18-19;1-15-2-3-16-9-5-8-6(4-7(9)11)10(12)14-13-8;1-14-2-3-15-10-5-9-7(4-8(10)11)6-12-13-9;1-9(2,3)14-7(11)13-8(12)15-10(4,5)6;1-5-6(2,3)4;1-2-3;1-2;2-1-4-3;1-2;;;;;/h12-13H,9-10H2,1-7H3;1,9-10H,7-8H2,2-5H3;7-8H,5-6H2,1-4H3;4-5H,2-3H2,1H3,(H,13,14);4-6H,2-3H2,1H3,(H,12,13);1-6H3;1H,2-4H3;3H,2H2,1H3;1H3;1,3H;;;;;1H2;/q;;;;;;;;;;;3*+1;;-1/p-2/i;;;;;;;;1D;;;;;;;. The van der Waals surface area contributed by atoms with E-state index in [-0.39, 0.29) is 240 Å². The maximum Gasteiger partial charge on any atom is 1.00 e. The Balaban J connectivity index is -0.000000385. The Bertz CT molecular complexity index is 5670. The number of halogens is 10. The minimum atomic E-state index is -1.69. The van der Waals surface area contributed by atoms with Crippen LogP contribution in [0, 0.1) is 72.3 Å². The molecule has 0 saturated carbocycles. The molecule has 142 heavy (non-hydrogen) atoms. The van der Waals surface area contributed by atoms with E-state index in [0.29, 0.717) is 93.9 Å². The molecule has 10 rings (SSSR count). The Hall–Kier alpha value is -4.73. The third-order valence-corrected chi connectivity index (χ3v) is 18.1. The van der Waals surface area contributed by atoms with Crippen molar-refractivity contribution >= 4 is 190 Å². The largest absolute Gasteiger partial charge is 1.00 e. The van der Waals surface area contributed by atoms with E-state index in [4.69, 9.17) is 100 Å². The number of aliphatic hydroxyl groups is 1. The number of nitrogens with zero attached hydrogens (tertiary/aromatic N) is 8. The van der Waals surface area contributed by atoms with Gasteiger partial charge in [-0.2, -0.15) is 39.5 Å². The molecule has 0 atom stereocenters. The van der Waals surface area contributed by atoms with Crippen molar-refractivity contribution in [2.75, 3.05) is 115 Å². The molecular weight excluding hydrogens is 2440 g/mol. The molecule has 0 amide bonds. The van der Waals surface area contributed by atoms with E-state index in [1.165, 1.54) is 69.9 Å². The van der Waals surface area contributed by atoms with Gasteiger partial charge in [0.25, 0.3) is 6.47 Å². The summed E-state index contributed by atoms with van der Waals surface area (Å²) in [4.78, 5) is 70.5. The molecule has 776 valence electrons. The molecule has 0 spiro atoms. The Morgan fingerprint density at radius 3 is 1.11 bits per heavy atom. The summed E-state index contributed by atoms with van der Waals surface area (Å²) in [5.74, 6) is 3.35. The van der Waals surface area contributed by atoms with Gasteiger partial charge in [0.05, 0.1) is 75.3 Å². The maximum atomic E-state index is 14.5. The number of nitrogens with one attached hydrogen (secondary N) is 2. The zero-order chi connectivity index (χ0) is 107. The van der Waals surface area contributed by atoms with Crippen molar-refractivity contribution in [2.24, 2.45) is 0 Å². The van der Waals surface area contributed by atoms with Crippen LogP contribution in [0.4, 0.5) is 50.3 Å². The summed E-state index contributed by atoms with van der Waals surface area (Å²) in [6.45, 7) is 43.3. The minimum absolute atomic E-state index is 0. The number of methoxy groups -OCH3 is 5. The van der Waals surface area contributed by atoms with Gasteiger partial charge in [0.1, 0.15) is 96.0 Å². The van der Waals surface area contributed by atoms with Crippen LogP contribution in [0.25, 0.3) is 54.5 Å². The molecule has 5 aromatic carbocycles. The summed E-state index contributed by atoms with van der Waals surface area (Å²) in [5, 5.41) is 44.6. The topological polar surface area (TPSA) is 443 Å². The van der Waals surface area contributed by atoms with Crippen LogP contribution in [0.5, 0.6) is 28.7 Å². The molecule has 0 radical (unpaired) electrons. The van der Waals surface area contributed by atoms with E-state index in [9.17, 15) is 50.3 Å². The predicted octanol–water partition coefficient (Wildman–Crippen LogP) is 10.9. The summed E-state index contributed by atoms with van der Waals surface area (Å²) in [5.41, 5.74) is 5.55. The van der Waals surface area contributed by atoms with Gasteiger partial charge in [0.15, 0.2) is 57.8 Å². The van der Waals surface area contributed by atoms with Gasteiger partial charge < -0.3 is 97.9 Å². The number of fused-ring (bicyclic) bond motifs is 5. The summed E-state index contributed by atoms with van der Waals surface area (Å²) in [6, 6.07) is 14.0. The van der Waals surface area contributed by atoms with Crippen molar-refractivity contribution in [3.05, 3.63) is 115 Å². The smallest absolute Gasteiger partial charge is 1.00 e. The zero-order valence-corrected chi connectivity index (χ0v) is 106. The van der Waals surface area contributed by atoms with Gasteiger partial charge in [-0.3, -0.25) is 19.4 Å². The van der Waals surface area contributed by atoms with Crippen LogP contribution in [0.3, 0.4) is 0 Å². The normalized spacial score (nSPS) is 10.7. The quantitative estimate of drug-likeness (QED) is 0.00514. The third kappa shape index (κ3) is 58.4. The third-order valence-electron chi connectivity index (χ3n) is 14.7. The number of terminal acetylenes is 2. The maximum absolute atomic E-state index is 14.5. The number of ether oxygens (including phenoxy) is 16. The predicted molar refractivity (Wildman–Crippen MR) is 550 cm³/mol. The van der Waals surface area contributed by atoms with Crippen LogP contribution in [0.15, 0.2) is 66.9 Å². The number of alkyl halides is 1. The van der Waals surface area contributed by atoms with E-state index in [1.807, 2.05) is 22.6 Å². The number of hydrogen-bond acceptors (Lipinski definition) is 31. The first-order valence-electron chi connectivity index (χ1n) is 42.0. The van der Waals surface area contributed by atoms with Crippen LogP contribution in [0.1, 0.15) is 125 Å². The average Bonchev–Trinajstić information content (AvgIpc) is 1.63. The monoisotopic (exact) mass is 2570 g/mol. The summed E-state index contributed by atoms with van der Waals surface area (Å²) in [6.07, 6.45) is 7.97. The molecule has 4 N–H and O–H groups in total. The van der Waals surface area contributed by atoms with Crippen LogP contribution in [0.2, 0.25) is 39.3 Å². The van der Waals surface area contributed by atoms with Gasteiger partial charge in [-0.1, -0.05) is 45.2 Å². The second-order valence-electron chi connectivity index (χ2n) is 34.4. The first-order valence-corrected chi connectivity index (χ1v) is 56.7. The molecule has 0 aliphatic rings. The summed E-state index contributed by atoms with van der Waals surface area (Å²) < 4.78 is 170. The molecule has 0 aliphatic carbocycles. The number of hydrogen-bond donors (Lipinski definition) is 3. The van der Waals surface area contributed by atoms with Gasteiger partial charge in [-0.25, -0.2) is 45.9 Å². The fourth-order valence-corrected chi connectivity index (χ4v) is 11.0. The number of benzene rings is 5. The number of carbonyl (C=O) groups excluding carboxylic acids is 6. The average molecular weight is 2570 g/mol. The number of carbonyl (C=O) groups is 6. The molecule has 0 unspecified atom stereocenters. The van der Waals surface area contributed by atoms with Gasteiger partial charge in [0.2, 0.25) is 0 Å². The molecule has 10 aromatic rings. The minimum Gasteiger partial charge on any atom is -1.00 e. The van der Waals surface area contributed by atoms with Gasteiger partial charge in [-0.05, 0) is 192 Å². The van der Waals surface area contributed by atoms with E-state index in [1.54, 1.807) is 143 Å². The summed E-state index contributed by atoms with van der Waals surface area (Å²) in [7, 11) is 3.92. The second kappa shape index (κ2) is 73.4. The molecule has 0 aliphatic heterocycles. The van der Waals surface area contributed by atoms with Crippen LogP contribution in [-0.2, 0) is 61.8 Å². The number of H-pyrrole nitrogens is 2.